The van der Waals surface area contributed by atoms with Crippen molar-refractivity contribution in [3.05, 3.63) is 24.0 Å². The van der Waals surface area contributed by atoms with Crippen LogP contribution in [0.25, 0.3) is 0 Å². The number of piperidine rings is 1. The molecule has 1 aromatic rings. The molecule has 2 rings (SSSR count). The van der Waals surface area contributed by atoms with E-state index in [2.05, 4.69) is 24.2 Å². The molecule has 0 radical (unpaired) electrons. The summed E-state index contributed by atoms with van der Waals surface area (Å²) in [5.41, 5.74) is 0.136. The van der Waals surface area contributed by atoms with Gasteiger partial charge in [0, 0.05) is 24.8 Å². The topological polar surface area (TPSA) is 74.6 Å². The zero-order valence-corrected chi connectivity index (χ0v) is 11.9. The first kappa shape index (κ1) is 14.6. The normalized spacial score (nSPS) is 23.5. The minimum absolute atomic E-state index is 0.0509. The summed E-state index contributed by atoms with van der Waals surface area (Å²) < 4.78 is 1.45. The van der Waals surface area contributed by atoms with Gasteiger partial charge in [0.15, 0.2) is 0 Å². The third-order valence-corrected chi connectivity index (χ3v) is 3.94. The van der Waals surface area contributed by atoms with E-state index in [1.807, 2.05) is 0 Å². The Morgan fingerprint density at radius 2 is 2.25 bits per heavy atom. The lowest BCUT2D eigenvalue weighted by Crippen LogP contribution is -2.48. The van der Waals surface area contributed by atoms with Crippen LogP contribution in [0.15, 0.2) is 18.3 Å². The lowest BCUT2D eigenvalue weighted by Gasteiger charge is -2.35. The number of amides is 1. The largest absolute Gasteiger partial charge is 0.477 e. The van der Waals surface area contributed by atoms with Gasteiger partial charge in [-0.05, 0) is 38.9 Å². The van der Waals surface area contributed by atoms with Crippen LogP contribution in [-0.4, -0.2) is 52.1 Å². The van der Waals surface area contributed by atoms with Gasteiger partial charge in [-0.15, -0.1) is 0 Å². The van der Waals surface area contributed by atoms with Gasteiger partial charge in [0.25, 0.3) is 0 Å². The molecule has 1 aliphatic heterocycles. The fourth-order valence-corrected chi connectivity index (χ4v) is 2.59. The Balaban J connectivity index is 1.89. The van der Waals surface area contributed by atoms with Gasteiger partial charge in [0.05, 0.1) is 0 Å². The summed E-state index contributed by atoms with van der Waals surface area (Å²) in [5.74, 6) is -1.15. The molecule has 20 heavy (non-hydrogen) atoms. The number of carboxylic acids is 1. The van der Waals surface area contributed by atoms with E-state index in [4.69, 9.17) is 5.11 Å². The Kier molecular flexibility index (Phi) is 4.44. The molecule has 1 fully saturated rings. The van der Waals surface area contributed by atoms with Gasteiger partial charge in [0.2, 0.25) is 5.91 Å². The number of hydrogen-bond acceptors (Lipinski definition) is 3. The minimum atomic E-state index is -1.02. The summed E-state index contributed by atoms with van der Waals surface area (Å²) in [4.78, 5) is 25.3. The molecule has 0 spiro atoms. The van der Waals surface area contributed by atoms with E-state index in [9.17, 15) is 9.59 Å². The van der Waals surface area contributed by atoms with Crippen molar-refractivity contribution < 1.29 is 14.7 Å². The van der Waals surface area contributed by atoms with E-state index in [0.717, 1.165) is 19.4 Å². The Morgan fingerprint density at radius 1 is 1.50 bits per heavy atom. The molecule has 6 nitrogen and oxygen atoms in total. The zero-order chi connectivity index (χ0) is 14.7. The van der Waals surface area contributed by atoms with Crippen molar-refractivity contribution in [3.8, 4) is 0 Å². The predicted octanol–water partition coefficient (Wildman–Crippen LogP) is 0.785. The fourth-order valence-electron chi connectivity index (χ4n) is 2.59. The zero-order valence-electron chi connectivity index (χ0n) is 11.9. The van der Waals surface area contributed by atoms with Crippen LogP contribution in [0.4, 0.5) is 0 Å². The second-order valence-corrected chi connectivity index (χ2v) is 5.44. The number of carbonyl (C=O) groups excluding carboxylic acids is 1. The van der Waals surface area contributed by atoms with Crippen molar-refractivity contribution >= 4 is 11.9 Å². The van der Waals surface area contributed by atoms with E-state index in [-0.39, 0.29) is 24.2 Å². The van der Waals surface area contributed by atoms with Gasteiger partial charge < -0.3 is 19.9 Å². The van der Waals surface area contributed by atoms with Gasteiger partial charge >= 0.3 is 5.97 Å². The average molecular weight is 279 g/mol. The van der Waals surface area contributed by atoms with Crippen LogP contribution in [0.5, 0.6) is 0 Å². The maximum absolute atomic E-state index is 12.0. The molecule has 1 aromatic heterocycles. The summed E-state index contributed by atoms with van der Waals surface area (Å²) in [5, 5.41) is 12.0. The quantitative estimate of drug-likeness (QED) is 0.854. The third kappa shape index (κ3) is 3.39. The minimum Gasteiger partial charge on any atom is -0.477 e. The van der Waals surface area contributed by atoms with E-state index < -0.39 is 5.97 Å². The number of carboxylic acid groups (broad SMARTS) is 1. The average Bonchev–Trinajstić information content (AvgIpc) is 2.82. The van der Waals surface area contributed by atoms with Crippen molar-refractivity contribution in [2.45, 2.75) is 38.4 Å². The Hall–Kier alpha value is -1.82. The van der Waals surface area contributed by atoms with E-state index in [1.165, 1.54) is 10.6 Å². The molecule has 2 atom stereocenters. The van der Waals surface area contributed by atoms with Crippen LogP contribution in [0.1, 0.15) is 30.3 Å². The first-order chi connectivity index (χ1) is 9.47. The van der Waals surface area contributed by atoms with Crippen LogP contribution in [0, 0.1) is 0 Å². The molecule has 0 bridgehead atoms. The second-order valence-electron chi connectivity index (χ2n) is 5.44. The highest BCUT2D eigenvalue weighted by Gasteiger charge is 2.24. The first-order valence-corrected chi connectivity index (χ1v) is 6.85. The summed E-state index contributed by atoms with van der Waals surface area (Å²) in [7, 11) is 2.08. The monoisotopic (exact) mass is 279 g/mol. The SMILES string of the molecule is CC1CC(NC(=O)Cn2cccc2C(=O)O)CCN1C. The molecular weight excluding hydrogens is 258 g/mol. The molecule has 1 amide bonds. The highest BCUT2D eigenvalue weighted by atomic mass is 16.4. The molecule has 0 aromatic carbocycles. The van der Waals surface area contributed by atoms with Crippen LogP contribution in [0.3, 0.4) is 0 Å². The molecule has 1 aliphatic rings. The van der Waals surface area contributed by atoms with Crippen molar-refractivity contribution in [2.75, 3.05) is 13.6 Å². The van der Waals surface area contributed by atoms with Gasteiger partial charge in [-0.1, -0.05) is 0 Å². The van der Waals surface area contributed by atoms with E-state index >= 15 is 0 Å². The number of aromatic nitrogens is 1. The summed E-state index contributed by atoms with van der Waals surface area (Å²) >= 11 is 0. The summed E-state index contributed by atoms with van der Waals surface area (Å²) in [6, 6.07) is 3.76. The Morgan fingerprint density at radius 3 is 2.90 bits per heavy atom. The molecule has 0 saturated carbocycles. The smallest absolute Gasteiger partial charge is 0.352 e. The number of hydrogen-bond donors (Lipinski definition) is 2. The Labute approximate surface area is 118 Å². The summed E-state index contributed by atoms with van der Waals surface area (Å²) in [6.45, 7) is 3.16. The van der Waals surface area contributed by atoms with Crippen molar-refractivity contribution in [3.63, 3.8) is 0 Å². The highest BCUT2D eigenvalue weighted by molar-refractivity contribution is 5.86. The standard InChI is InChI=1S/C14H21N3O3/c1-10-8-11(5-7-16(10)2)15-13(18)9-17-6-3-4-12(17)14(19)20/h3-4,6,10-11H,5,7-9H2,1-2H3,(H,15,18)(H,19,20). The number of nitrogens with one attached hydrogen (secondary N) is 1. The molecule has 2 N–H and O–H groups in total. The van der Waals surface area contributed by atoms with Crippen LogP contribution < -0.4 is 5.32 Å². The predicted molar refractivity (Wildman–Crippen MR) is 74.6 cm³/mol. The van der Waals surface area contributed by atoms with E-state index in [0.29, 0.717) is 6.04 Å². The number of nitrogens with zero attached hydrogens (tertiary/aromatic N) is 2. The molecule has 2 unspecified atom stereocenters. The maximum atomic E-state index is 12.0. The summed E-state index contributed by atoms with van der Waals surface area (Å²) in [6.07, 6.45) is 3.48. The molecule has 6 heteroatoms. The lowest BCUT2D eigenvalue weighted by molar-refractivity contribution is -0.122. The van der Waals surface area contributed by atoms with Gasteiger partial charge in [-0.2, -0.15) is 0 Å². The molecule has 2 heterocycles. The lowest BCUT2D eigenvalue weighted by atomic mass is 9.99. The molecule has 0 aliphatic carbocycles. The first-order valence-electron chi connectivity index (χ1n) is 6.85. The van der Waals surface area contributed by atoms with Crippen molar-refractivity contribution in [1.82, 2.24) is 14.8 Å². The molecular formula is C14H21N3O3. The van der Waals surface area contributed by atoms with Crippen LogP contribution >= 0.6 is 0 Å². The van der Waals surface area contributed by atoms with Crippen molar-refractivity contribution in [1.29, 1.82) is 0 Å². The highest BCUT2D eigenvalue weighted by Crippen LogP contribution is 2.15. The van der Waals surface area contributed by atoms with Crippen LogP contribution in [0.2, 0.25) is 0 Å². The second kappa shape index (κ2) is 6.09. The third-order valence-electron chi connectivity index (χ3n) is 3.94. The van der Waals surface area contributed by atoms with Gasteiger partial charge in [-0.3, -0.25) is 4.79 Å². The number of rotatable bonds is 4. The van der Waals surface area contributed by atoms with Gasteiger partial charge in [-0.25, -0.2) is 4.79 Å². The number of aromatic carboxylic acids is 1. The maximum Gasteiger partial charge on any atom is 0.352 e. The number of likely N-dealkylation sites (tertiary alicyclic amines) is 1. The molecule has 110 valence electrons. The molecule has 1 saturated heterocycles. The fraction of sp³-hybridized carbons (Fsp3) is 0.571. The Bertz CT molecular complexity index is 498. The van der Waals surface area contributed by atoms with Crippen molar-refractivity contribution in [2.24, 2.45) is 0 Å². The number of carbonyl (C=O) groups is 2. The van der Waals surface area contributed by atoms with E-state index in [1.54, 1.807) is 12.3 Å². The van der Waals surface area contributed by atoms with Gasteiger partial charge in [0.1, 0.15) is 12.2 Å². The van der Waals surface area contributed by atoms with Crippen LogP contribution in [-0.2, 0) is 11.3 Å².